The summed E-state index contributed by atoms with van der Waals surface area (Å²) in [6.45, 7) is 0.467. The van der Waals surface area contributed by atoms with Crippen LogP contribution in [0.5, 0.6) is 0 Å². The van der Waals surface area contributed by atoms with Gasteiger partial charge in [0.2, 0.25) is 0 Å². The summed E-state index contributed by atoms with van der Waals surface area (Å²) in [6.07, 6.45) is -2.70. The van der Waals surface area contributed by atoms with Crippen LogP contribution in [-0.2, 0) is 17.5 Å². The predicted octanol–water partition coefficient (Wildman–Crippen LogP) is 4.18. The van der Waals surface area contributed by atoms with E-state index >= 15 is 0 Å². The lowest BCUT2D eigenvalue weighted by Crippen LogP contribution is -2.24. The smallest absolute Gasteiger partial charge is 0.395 e. The molecule has 1 aromatic carbocycles. The lowest BCUT2D eigenvalue weighted by molar-refractivity contribution is -0.137. The average molecular weight is 466 g/mol. The molecule has 1 N–H and O–H groups in total. The first-order valence-electron chi connectivity index (χ1n) is 9.47. The molecule has 4 rings (SSSR count). The molecule has 0 radical (unpaired) electrons. The number of benzene rings is 1. The maximum absolute atomic E-state index is 12.9. The van der Waals surface area contributed by atoms with Gasteiger partial charge < -0.3 is 10.0 Å². The Kier molecular flexibility index (Phi) is 5.89. The highest BCUT2D eigenvalue weighted by molar-refractivity contribution is 8.38. The molecule has 2 aromatic rings. The number of aliphatic hydroxyl groups is 1. The molecular weight excluding hydrogens is 447 g/mol. The highest BCUT2D eigenvalue weighted by atomic mass is 32.2. The second-order valence-electron chi connectivity index (χ2n) is 7.35. The van der Waals surface area contributed by atoms with Gasteiger partial charge in [-0.15, -0.1) is 10.2 Å². The number of aromatic nitrogens is 2. The van der Waals surface area contributed by atoms with Crippen molar-refractivity contribution in [1.82, 2.24) is 10.2 Å². The molecule has 1 aromatic heterocycles. The van der Waals surface area contributed by atoms with Crippen LogP contribution in [0.25, 0.3) is 0 Å². The third-order valence-electron chi connectivity index (χ3n) is 5.20. The van der Waals surface area contributed by atoms with Crippen LogP contribution in [0, 0.1) is 11.3 Å². The second kappa shape index (κ2) is 8.33. The number of nitrogens with zero attached hydrogens (tertiary/aromatic N) is 5. The number of aliphatic imine (C=N–C) groups is 1. The quantitative estimate of drug-likeness (QED) is 0.709. The molecule has 6 nitrogen and oxygen atoms in total. The zero-order chi connectivity index (χ0) is 22.2. The topological polar surface area (TPSA) is 85.4 Å². The molecule has 1 fully saturated rings. The Labute approximate surface area is 185 Å². The zero-order valence-electron chi connectivity index (χ0n) is 16.5. The lowest BCUT2D eigenvalue weighted by Gasteiger charge is -2.24. The normalized spacial score (nSPS) is 16.5. The van der Waals surface area contributed by atoms with Gasteiger partial charge in [0.05, 0.1) is 29.3 Å². The SMILES string of the molecule is CN(CCO)c1cc2c(nn1)SC(SCc1ccc(C(F)(F)F)cc1C#N)=NC21CC1. The van der Waals surface area contributed by atoms with Crippen LogP contribution in [0.15, 0.2) is 34.3 Å². The van der Waals surface area contributed by atoms with E-state index in [0.717, 1.165) is 39.9 Å². The molecule has 11 heteroatoms. The Bertz CT molecular complexity index is 1080. The monoisotopic (exact) mass is 465 g/mol. The minimum Gasteiger partial charge on any atom is -0.395 e. The van der Waals surface area contributed by atoms with Gasteiger partial charge in [0.1, 0.15) is 9.40 Å². The molecule has 1 aliphatic heterocycles. The van der Waals surface area contributed by atoms with Crippen molar-refractivity contribution in [2.45, 2.75) is 35.3 Å². The van der Waals surface area contributed by atoms with Gasteiger partial charge in [0.25, 0.3) is 0 Å². The van der Waals surface area contributed by atoms with Crippen molar-refractivity contribution >= 4 is 33.7 Å². The first-order valence-corrected chi connectivity index (χ1v) is 11.3. The van der Waals surface area contributed by atoms with Crippen molar-refractivity contribution in [1.29, 1.82) is 5.26 Å². The van der Waals surface area contributed by atoms with Crippen LogP contribution >= 0.6 is 23.5 Å². The van der Waals surface area contributed by atoms with Crippen LogP contribution in [0.3, 0.4) is 0 Å². The third kappa shape index (κ3) is 4.51. The first-order chi connectivity index (χ1) is 14.8. The van der Waals surface area contributed by atoms with Crippen LogP contribution in [0.1, 0.15) is 35.1 Å². The Morgan fingerprint density at radius 1 is 1.29 bits per heavy atom. The Morgan fingerprint density at radius 2 is 2.06 bits per heavy atom. The fourth-order valence-corrected chi connectivity index (χ4v) is 5.50. The maximum Gasteiger partial charge on any atom is 0.416 e. The predicted molar refractivity (Wildman–Crippen MR) is 114 cm³/mol. The molecule has 0 atom stereocenters. The summed E-state index contributed by atoms with van der Waals surface area (Å²) in [5.74, 6) is 1.01. The van der Waals surface area contributed by atoms with Gasteiger partial charge in [-0.2, -0.15) is 18.4 Å². The molecule has 0 bridgehead atoms. The highest BCUT2D eigenvalue weighted by Crippen LogP contribution is 2.56. The Morgan fingerprint density at radius 3 is 2.71 bits per heavy atom. The van der Waals surface area contributed by atoms with E-state index in [0.29, 0.717) is 23.7 Å². The van der Waals surface area contributed by atoms with E-state index in [4.69, 9.17) is 10.1 Å². The highest BCUT2D eigenvalue weighted by Gasteiger charge is 2.49. The summed E-state index contributed by atoms with van der Waals surface area (Å²) in [7, 11) is 1.84. The van der Waals surface area contributed by atoms with Crippen LogP contribution in [0.4, 0.5) is 19.0 Å². The summed E-state index contributed by atoms with van der Waals surface area (Å²) in [4.78, 5) is 6.71. The first kappa shape index (κ1) is 21.9. The summed E-state index contributed by atoms with van der Waals surface area (Å²) in [5, 5.41) is 27.8. The van der Waals surface area contributed by atoms with E-state index in [1.807, 2.05) is 24.1 Å². The number of aliphatic hydroxyl groups excluding tert-OH is 1. The fraction of sp³-hybridized carbons (Fsp3) is 0.400. The number of fused-ring (bicyclic) bond motifs is 2. The summed E-state index contributed by atoms with van der Waals surface area (Å²) >= 11 is 2.77. The maximum atomic E-state index is 12.9. The number of hydrogen-bond donors (Lipinski definition) is 1. The van der Waals surface area contributed by atoms with Crippen LogP contribution < -0.4 is 4.90 Å². The summed E-state index contributed by atoms with van der Waals surface area (Å²) in [6, 6.07) is 7.07. The summed E-state index contributed by atoms with van der Waals surface area (Å²) in [5.41, 5.74) is 0.411. The number of hydrogen-bond acceptors (Lipinski definition) is 8. The summed E-state index contributed by atoms with van der Waals surface area (Å²) < 4.78 is 39.5. The van der Waals surface area contributed by atoms with Crippen molar-refractivity contribution in [2.24, 2.45) is 4.99 Å². The second-order valence-corrected chi connectivity index (χ2v) is 9.55. The number of halogens is 3. The minimum absolute atomic E-state index is 0.0154. The number of nitriles is 1. The van der Waals surface area contributed by atoms with E-state index < -0.39 is 11.7 Å². The van der Waals surface area contributed by atoms with Crippen LogP contribution in [0.2, 0.25) is 0 Å². The molecule has 162 valence electrons. The van der Waals surface area contributed by atoms with Gasteiger partial charge in [0, 0.05) is 24.9 Å². The number of alkyl halides is 3. The van der Waals surface area contributed by atoms with Gasteiger partial charge in [-0.3, -0.25) is 4.99 Å². The molecule has 1 aliphatic carbocycles. The molecule has 0 unspecified atom stereocenters. The van der Waals surface area contributed by atoms with Crippen molar-refractivity contribution in [2.75, 3.05) is 25.1 Å². The number of anilines is 1. The third-order valence-corrected chi connectivity index (χ3v) is 7.35. The number of thioether (sulfide) groups is 2. The average Bonchev–Trinajstić information content (AvgIpc) is 3.51. The van der Waals surface area contributed by atoms with Gasteiger partial charge >= 0.3 is 6.18 Å². The lowest BCUT2D eigenvalue weighted by atomic mass is 10.1. The van der Waals surface area contributed by atoms with Crippen LogP contribution in [-0.4, -0.2) is 39.9 Å². The molecule has 0 amide bonds. The fourth-order valence-electron chi connectivity index (χ4n) is 3.25. The van der Waals surface area contributed by atoms with Crippen molar-refractivity contribution < 1.29 is 18.3 Å². The molecule has 31 heavy (non-hydrogen) atoms. The molecule has 2 aliphatic rings. The van der Waals surface area contributed by atoms with Crippen molar-refractivity contribution in [3.63, 3.8) is 0 Å². The molecule has 0 saturated heterocycles. The van der Waals surface area contributed by atoms with Crippen molar-refractivity contribution in [3.8, 4) is 6.07 Å². The van der Waals surface area contributed by atoms with E-state index in [1.165, 1.54) is 29.6 Å². The molecule has 1 spiro atoms. The van der Waals surface area contributed by atoms with E-state index in [-0.39, 0.29) is 17.7 Å². The molecular formula is C20H18F3N5OS2. The molecule has 2 heterocycles. The standard InChI is InChI=1S/C20H18F3N5OS2/c1-28(6-7-29)16-9-15-17(27-26-16)31-18(25-19(15)4-5-19)30-11-12-2-3-14(20(21,22)23)8-13(12)10-24/h2-3,8-9,29H,4-7,11H2,1H3. The Balaban J connectivity index is 1.52. The molecule has 1 saturated carbocycles. The Hall–Kier alpha value is -2.29. The van der Waals surface area contributed by atoms with Gasteiger partial charge in [-0.05, 0) is 48.4 Å². The van der Waals surface area contributed by atoms with Gasteiger partial charge in [-0.25, -0.2) is 0 Å². The van der Waals surface area contributed by atoms with E-state index in [2.05, 4.69) is 10.2 Å². The number of rotatable bonds is 5. The van der Waals surface area contributed by atoms with Crippen molar-refractivity contribution in [3.05, 3.63) is 46.5 Å². The zero-order valence-corrected chi connectivity index (χ0v) is 18.1. The largest absolute Gasteiger partial charge is 0.416 e. The van der Waals surface area contributed by atoms with E-state index in [9.17, 15) is 18.4 Å². The van der Waals surface area contributed by atoms with E-state index in [1.54, 1.807) is 0 Å². The minimum atomic E-state index is -4.48. The van der Waals surface area contributed by atoms with Gasteiger partial charge in [-0.1, -0.05) is 17.8 Å². The number of likely N-dealkylation sites (N-methyl/N-ethyl adjacent to an activating group) is 1. The van der Waals surface area contributed by atoms with Gasteiger partial charge in [0.15, 0.2) is 5.82 Å².